The Labute approximate surface area is 149 Å². The summed E-state index contributed by atoms with van der Waals surface area (Å²) in [5.74, 6) is -1.77. The molecular formula is C15H14F3N5O2S. The van der Waals surface area contributed by atoms with Crippen LogP contribution < -0.4 is 5.32 Å². The molecule has 0 bridgehead atoms. The molecule has 0 radical (unpaired) electrons. The second kappa shape index (κ2) is 6.90. The first kappa shape index (κ1) is 18.1. The van der Waals surface area contributed by atoms with Gasteiger partial charge in [-0.2, -0.15) is 23.3 Å². The van der Waals surface area contributed by atoms with Gasteiger partial charge in [-0.3, -0.25) is 9.48 Å². The second-order valence-corrected chi connectivity index (χ2v) is 6.86. The normalized spacial score (nSPS) is 11.9. The van der Waals surface area contributed by atoms with Crippen molar-refractivity contribution in [2.75, 3.05) is 0 Å². The smallest absolute Gasteiger partial charge is 0.349 e. The lowest BCUT2D eigenvalue weighted by molar-refractivity contribution is -0.159. The van der Waals surface area contributed by atoms with E-state index >= 15 is 0 Å². The van der Waals surface area contributed by atoms with Crippen LogP contribution in [0.1, 0.15) is 35.1 Å². The lowest BCUT2D eigenvalue weighted by Crippen LogP contribution is -2.32. The molecule has 1 amide bonds. The molecule has 138 valence electrons. The molecule has 0 spiro atoms. The Morgan fingerprint density at radius 1 is 1.35 bits per heavy atom. The SMILES string of the molecule is CC(C)NC(=O)c1ccnn1Cc1ccc(-c2noc(C(F)(F)F)n2)s1. The van der Waals surface area contributed by atoms with Crippen molar-refractivity contribution >= 4 is 17.2 Å². The molecule has 0 saturated heterocycles. The molecule has 1 N–H and O–H groups in total. The Kier molecular flexibility index (Phi) is 4.81. The molecule has 0 aromatic carbocycles. The Bertz CT molecular complexity index is 912. The molecular weight excluding hydrogens is 371 g/mol. The first-order chi connectivity index (χ1) is 12.2. The molecule has 3 heterocycles. The van der Waals surface area contributed by atoms with Gasteiger partial charge in [0.15, 0.2) is 0 Å². The Morgan fingerprint density at radius 3 is 2.77 bits per heavy atom. The number of rotatable bonds is 5. The van der Waals surface area contributed by atoms with E-state index in [2.05, 4.69) is 25.1 Å². The van der Waals surface area contributed by atoms with Gasteiger partial charge in [0.2, 0.25) is 5.82 Å². The third-order valence-corrected chi connectivity index (χ3v) is 4.29. The number of hydrogen-bond donors (Lipinski definition) is 1. The van der Waals surface area contributed by atoms with Gasteiger partial charge in [-0.15, -0.1) is 11.3 Å². The summed E-state index contributed by atoms with van der Waals surface area (Å²) < 4.78 is 43.4. The maximum atomic E-state index is 12.5. The fourth-order valence-electron chi connectivity index (χ4n) is 2.16. The average Bonchev–Trinajstić information content (AvgIpc) is 3.26. The summed E-state index contributed by atoms with van der Waals surface area (Å²) in [7, 11) is 0. The average molecular weight is 385 g/mol. The Balaban J connectivity index is 1.77. The van der Waals surface area contributed by atoms with Gasteiger partial charge < -0.3 is 9.84 Å². The number of halogens is 3. The van der Waals surface area contributed by atoms with Crippen LogP contribution >= 0.6 is 11.3 Å². The molecule has 3 rings (SSSR count). The summed E-state index contributed by atoms with van der Waals surface area (Å²) in [4.78, 5) is 16.7. The van der Waals surface area contributed by atoms with Gasteiger partial charge in [0.25, 0.3) is 5.91 Å². The number of hydrogen-bond acceptors (Lipinski definition) is 6. The van der Waals surface area contributed by atoms with Gasteiger partial charge in [0.05, 0.1) is 11.4 Å². The minimum absolute atomic E-state index is 0.0136. The van der Waals surface area contributed by atoms with Gasteiger partial charge in [-0.05, 0) is 32.0 Å². The summed E-state index contributed by atoms with van der Waals surface area (Å²) in [5.41, 5.74) is 0.396. The van der Waals surface area contributed by atoms with Gasteiger partial charge in [-0.1, -0.05) is 5.16 Å². The molecule has 0 aliphatic rings. The molecule has 11 heteroatoms. The standard InChI is InChI=1S/C15H14F3N5O2S/c1-8(2)20-13(24)10-5-6-19-23(10)7-9-3-4-11(26-9)12-21-14(25-22-12)15(16,17)18/h3-6,8H,7H2,1-2H3,(H,20,24). The van der Waals surface area contributed by atoms with E-state index in [0.717, 1.165) is 4.88 Å². The number of nitrogens with zero attached hydrogens (tertiary/aromatic N) is 4. The van der Waals surface area contributed by atoms with Crippen molar-refractivity contribution in [3.63, 3.8) is 0 Å². The maximum Gasteiger partial charge on any atom is 0.471 e. The molecule has 0 atom stereocenters. The molecule has 0 fully saturated rings. The first-order valence-corrected chi connectivity index (χ1v) is 8.38. The van der Waals surface area contributed by atoms with E-state index in [4.69, 9.17) is 0 Å². The molecule has 26 heavy (non-hydrogen) atoms. The molecule has 0 aliphatic carbocycles. The van der Waals surface area contributed by atoms with Crippen molar-refractivity contribution in [1.29, 1.82) is 0 Å². The second-order valence-electron chi connectivity index (χ2n) is 5.69. The van der Waals surface area contributed by atoms with E-state index in [9.17, 15) is 18.0 Å². The van der Waals surface area contributed by atoms with Crippen LogP contribution in [0.25, 0.3) is 10.7 Å². The Hall–Kier alpha value is -2.69. The largest absolute Gasteiger partial charge is 0.471 e. The number of carbonyl (C=O) groups is 1. The van der Waals surface area contributed by atoms with Crippen LogP contribution in [0.5, 0.6) is 0 Å². The van der Waals surface area contributed by atoms with Crippen LogP contribution in [0, 0.1) is 0 Å². The highest BCUT2D eigenvalue weighted by Crippen LogP contribution is 2.31. The van der Waals surface area contributed by atoms with Crippen molar-refractivity contribution in [3.8, 4) is 10.7 Å². The zero-order chi connectivity index (χ0) is 18.9. The molecule has 0 unspecified atom stereocenters. The van der Waals surface area contributed by atoms with Gasteiger partial charge in [0, 0.05) is 17.1 Å². The highest BCUT2D eigenvalue weighted by Gasteiger charge is 2.38. The van der Waals surface area contributed by atoms with Crippen molar-refractivity contribution < 1.29 is 22.5 Å². The predicted octanol–water partition coefficient (Wildman–Crippen LogP) is 3.20. The first-order valence-electron chi connectivity index (χ1n) is 7.56. The van der Waals surface area contributed by atoms with Crippen LogP contribution in [0.3, 0.4) is 0 Å². The van der Waals surface area contributed by atoms with E-state index in [0.29, 0.717) is 17.1 Å². The van der Waals surface area contributed by atoms with E-state index < -0.39 is 12.1 Å². The lowest BCUT2D eigenvalue weighted by Gasteiger charge is -2.09. The zero-order valence-corrected chi connectivity index (χ0v) is 14.6. The number of amides is 1. The maximum absolute atomic E-state index is 12.5. The van der Waals surface area contributed by atoms with Crippen LogP contribution in [0.15, 0.2) is 28.9 Å². The van der Waals surface area contributed by atoms with Gasteiger partial charge >= 0.3 is 12.1 Å². The Morgan fingerprint density at radius 2 is 2.12 bits per heavy atom. The quantitative estimate of drug-likeness (QED) is 0.729. The third kappa shape index (κ3) is 3.93. The fraction of sp³-hybridized carbons (Fsp3) is 0.333. The lowest BCUT2D eigenvalue weighted by atomic mass is 10.3. The van der Waals surface area contributed by atoms with Gasteiger partial charge in [0.1, 0.15) is 5.69 Å². The van der Waals surface area contributed by atoms with Crippen molar-refractivity contribution in [2.24, 2.45) is 0 Å². The molecule has 0 saturated carbocycles. The molecule has 7 nitrogen and oxygen atoms in total. The number of thiophene rings is 1. The highest BCUT2D eigenvalue weighted by molar-refractivity contribution is 7.15. The predicted molar refractivity (Wildman–Crippen MR) is 86.5 cm³/mol. The zero-order valence-electron chi connectivity index (χ0n) is 13.7. The van der Waals surface area contributed by atoms with Crippen LogP contribution in [0.4, 0.5) is 13.2 Å². The van der Waals surface area contributed by atoms with Crippen molar-refractivity contribution in [3.05, 3.63) is 40.9 Å². The van der Waals surface area contributed by atoms with Crippen LogP contribution in [-0.2, 0) is 12.7 Å². The summed E-state index contributed by atoms with van der Waals surface area (Å²) in [6.45, 7) is 4.00. The van der Waals surface area contributed by atoms with Crippen molar-refractivity contribution in [2.45, 2.75) is 32.6 Å². The fourth-order valence-corrected chi connectivity index (χ4v) is 3.07. The minimum atomic E-state index is -4.68. The summed E-state index contributed by atoms with van der Waals surface area (Å²) in [6.07, 6.45) is -3.17. The monoisotopic (exact) mass is 385 g/mol. The summed E-state index contributed by atoms with van der Waals surface area (Å²) in [6, 6.07) is 4.90. The van der Waals surface area contributed by atoms with E-state index in [1.807, 2.05) is 13.8 Å². The van der Waals surface area contributed by atoms with Gasteiger partial charge in [-0.25, -0.2) is 0 Å². The third-order valence-electron chi connectivity index (χ3n) is 3.23. The van der Waals surface area contributed by atoms with E-state index in [1.165, 1.54) is 22.2 Å². The summed E-state index contributed by atoms with van der Waals surface area (Å²) >= 11 is 1.20. The van der Waals surface area contributed by atoms with E-state index in [-0.39, 0.29) is 17.8 Å². The van der Waals surface area contributed by atoms with Crippen LogP contribution in [-0.4, -0.2) is 31.9 Å². The molecule has 3 aromatic rings. The molecule has 3 aromatic heterocycles. The topological polar surface area (TPSA) is 85.8 Å². The van der Waals surface area contributed by atoms with Crippen LogP contribution in [0.2, 0.25) is 0 Å². The number of nitrogens with one attached hydrogen (secondary N) is 1. The minimum Gasteiger partial charge on any atom is -0.349 e. The van der Waals surface area contributed by atoms with E-state index in [1.54, 1.807) is 18.2 Å². The molecule has 0 aliphatic heterocycles. The number of alkyl halides is 3. The van der Waals surface area contributed by atoms with Crippen molar-refractivity contribution in [1.82, 2.24) is 25.2 Å². The number of aromatic nitrogens is 4. The highest BCUT2D eigenvalue weighted by atomic mass is 32.1. The summed E-state index contributed by atoms with van der Waals surface area (Å²) in [5, 5.41) is 10.3. The number of carbonyl (C=O) groups excluding carboxylic acids is 1.